The average molecular weight is 302 g/mol. The molecule has 0 spiro atoms. The molecule has 2 fully saturated rings. The van der Waals surface area contributed by atoms with Crippen LogP contribution in [0, 0.1) is 12.3 Å². The molecular weight excluding hydrogens is 278 g/mol. The molecule has 1 aromatic heterocycles. The van der Waals surface area contributed by atoms with Gasteiger partial charge in [-0.25, -0.2) is 4.98 Å². The zero-order valence-corrected chi connectivity index (χ0v) is 13.0. The third-order valence-corrected chi connectivity index (χ3v) is 4.12. The Morgan fingerprint density at radius 3 is 3.00 bits per heavy atom. The van der Waals surface area contributed by atoms with Crippen molar-refractivity contribution in [3.8, 4) is 0 Å². The number of halogens is 1. The van der Waals surface area contributed by atoms with E-state index in [1.165, 1.54) is 6.42 Å². The Labute approximate surface area is 126 Å². The van der Waals surface area contributed by atoms with Crippen molar-refractivity contribution in [2.75, 3.05) is 39.3 Å². The summed E-state index contributed by atoms with van der Waals surface area (Å²) in [7, 11) is 0. The van der Waals surface area contributed by atoms with E-state index >= 15 is 0 Å². The monoisotopic (exact) mass is 301 g/mol. The summed E-state index contributed by atoms with van der Waals surface area (Å²) in [5.41, 5.74) is 0.400. The maximum absolute atomic E-state index is 5.80. The van der Waals surface area contributed by atoms with Crippen LogP contribution in [0.4, 0.5) is 0 Å². The lowest BCUT2D eigenvalue weighted by atomic mass is 9.89. The van der Waals surface area contributed by atoms with Crippen molar-refractivity contribution in [3.63, 3.8) is 0 Å². The lowest BCUT2D eigenvalue weighted by Crippen LogP contribution is -2.44. The van der Waals surface area contributed by atoms with Gasteiger partial charge in [0.1, 0.15) is 11.9 Å². The number of rotatable bonds is 3. The van der Waals surface area contributed by atoms with E-state index in [4.69, 9.17) is 4.74 Å². The van der Waals surface area contributed by atoms with E-state index < -0.39 is 0 Å². The molecule has 2 aliphatic heterocycles. The van der Waals surface area contributed by atoms with Crippen LogP contribution >= 0.6 is 12.4 Å². The van der Waals surface area contributed by atoms with Crippen molar-refractivity contribution in [2.24, 2.45) is 5.41 Å². The number of aryl methyl sites for hydroxylation is 1. The molecule has 114 valence electrons. The maximum Gasteiger partial charge on any atom is 0.180 e. The van der Waals surface area contributed by atoms with E-state index in [0.29, 0.717) is 5.41 Å². The summed E-state index contributed by atoms with van der Waals surface area (Å²) in [6, 6.07) is 0. The molecule has 2 saturated heterocycles. The van der Waals surface area contributed by atoms with Gasteiger partial charge in [-0.2, -0.15) is 5.10 Å². The molecule has 3 heterocycles. The third kappa shape index (κ3) is 3.49. The Morgan fingerprint density at radius 2 is 2.35 bits per heavy atom. The van der Waals surface area contributed by atoms with Crippen molar-refractivity contribution >= 4 is 12.4 Å². The van der Waals surface area contributed by atoms with Crippen molar-refractivity contribution in [2.45, 2.75) is 26.4 Å². The van der Waals surface area contributed by atoms with Crippen molar-refractivity contribution in [1.82, 2.24) is 25.4 Å². The first kappa shape index (κ1) is 15.7. The number of nitrogens with zero attached hydrogens (tertiary/aromatic N) is 3. The Morgan fingerprint density at radius 1 is 1.50 bits per heavy atom. The van der Waals surface area contributed by atoms with Gasteiger partial charge in [-0.1, -0.05) is 6.92 Å². The van der Waals surface area contributed by atoms with Crippen LogP contribution in [0.15, 0.2) is 0 Å². The van der Waals surface area contributed by atoms with Crippen LogP contribution in [0.5, 0.6) is 0 Å². The van der Waals surface area contributed by atoms with Crippen LogP contribution in [0.3, 0.4) is 0 Å². The lowest BCUT2D eigenvalue weighted by Gasteiger charge is -2.36. The maximum atomic E-state index is 5.80. The Balaban J connectivity index is 0.00000147. The molecule has 7 heteroatoms. The first-order valence-corrected chi connectivity index (χ1v) is 7.08. The number of ether oxygens (including phenoxy) is 1. The molecule has 2 unspecified atom stereocenters. The van der Waals surface area contributed by atoms with Gasteiger partial charge in [0.05, 0.1) is 6.61 Å². The standard InChI is InChI=1S/C13H23N5O.ClH/c1-10-15-12(17-16-10)11-7-18(5-6-19-11)9-13(2)3-4-14-8-13;/h11,14H,3-9H2,1-2H3,(H,15,16,17);1H. The highest BCUT2D eigenvalue weighted by atomic mass is 35.5. The fourth-order valence-corrected chi connectivity index (χ4v) is 3.05. The Kier molecular flexibility index (Phi) is 5.01. The zero-order chi connectivity index (χ0) is 13.3. The minimum absolute atomic E-state index is 0. The summed E-state index contributed by atoms with van der Waals surface area (Å²) in [6.07, 6.45) is 1.27. The number of hydrogen-bond donors (Lipinski definition) is 2. The van der Waals surface area contributed by atoms with Gasteiger partial charge in [0.25, 0.3) is 0 Å². The summed E-state index contributed by atoms with van der Waals surface area (Å²) >= 11 is 0. The van der Waals surface area contributed by atoms with Gasteiger partial charge in [0.2, 0.25) is 0 Å². The first-order valence-electron chi connectivity index (χ1n) is 7.08. The highest BCUT2D eigenvalue weighted by molar-refractivity contribution is 5.85. The summed E-state index contributed by atoms with van der Waals surface area (Å²) < 4.78 is 5.80. The fourth-order valence-electron chi connectivity index (χ4n) is 3.05. The van der Waals surface area contributed by atoms with E-state index in [1.807, 2.05) is 6.92 Å². The second-order valence-electron chi connectivity index (χ2n) is 6.11. The molecule has 0 saturated carbocycles. The largest absolute Gasteiger partial charge is 0.367 e. The van der Waals surface area contributed by atoms with Gasteiger partial charge in [-0.05, 0) is 25.3 Å². The highest BCUT2D eigenvalue weighted by Gasteiger charge is 2.33. The van der Waals surface area contributed by atoms with Crippen molar-refractivity contribution in [3.05, 3.63) is 11.6 Å². The number of aromatic amines is 1. The second-order valence-corrected chi connectivity index (χ2v) is 6.11. The second kappa shape index (κ2) is 6.39. The van der Waals surface area contributed by atoms with Crippen LogP contribution in [-0.4, -0.2) is 59.4 Å². The molecule has 0 bridgehead atoms. The molecular formula is C13H24ClN5O. The van der Waals surface area contributed by atoms with Gasteiger partial charge >= 0.3 is 0 Å². The molecule has 2 aliphatic rings. The average Bonchev–Trinajstić information content (AvgIpc) is 2.99. The summed E-state index contributed by atoms with van der Waals surface area (Å²) in [4.78, 5) is 6.88. The van der Waals surface area contributed by atoms with E-state index in [-0.39, 0.29) is 18.5 Å². The molecule has 1 aromatic rings. The SMILES string of the molecule is Cc1nc(C2CN(CC3(C)CCNC3)CCO2)n[nH]1.Cl. The summed E-state index contributed by atoms with van der Waals surface area (Å²) in [5.74, 6) is 1.64. The number of nitrogens with one attached hydrogen (secondary N) is 2. The van der Waals surface area contributed by atoms with E-state index in [1.54, 1.807) is 0 Å². The minimum atomic E-state index is 0. The van der Waals surface area contributed by atoms with Crippen molar-refractivity contribution < 1.29 is 4.74 Å². The van der Waals surface area contributed by atoms with Crippen LogP contribution in [0.2, 0.25) is 0 Å². The Bertz CT molecular complexity index is 432. The van der Waals surface area contributed by atoms with Gasteiger partial charge in [0.15, 0.2) is 5.82 Å². The van der Waals surface area contributed by atoms with E-state index in [9.17, 15) is 0 Å². The molecule has 3 rings (SSSR count). The van der Waals surface area contributed by atoms with E-state index in [0.717, 1.165) is 51.0 Å². The topological polar surface area (TPSA) is 66.1 Å². The number of H-pyrrole nitrogens is 1. The zero-order valence-electron chi connectivity index (χ0n) is 12.2. The van der Waals surface area contributed by atoms with Crippen LogP contribution < -0.4 is 5.32 Å². The predicted molar refractivity (Wildman–Crippen MR) is 79.1 cm³/mol. The predicted octanol–water partition coefficient (Wildman–Crippen LogP) is 0.908. The number of hydrogen-bond acceptors (Lipinski definition) is 5. The molecule has 6 nitrogen and oxygen atoms in total. The van der Waals surface area contributed by atoms with Crippen LogP contribution in [0.25, 0.3) is 0 Å². The third-order valence-electron chi connectivity index (χ3n) is 4.12. The molecule has 20 heavy (non-hydrogen) atoms. The molecule has 0 aliphatic carbocycles. The smallest absolute Gasteiger partial charge is 0.180 e. The highest BCUT2D eigenvalue weighted by Crippen LogP contribution is 2.28. The minimum Gasteiger partial charge on any atom is -0.367 e. The molecule has 0 amide bonds. The van der Waals surface area contributed by atoms with Crippen molar-refractivity contribution in [1.29, 1.82) is 0 Å². The van der Waals surface area contributed by atoms with Gasteiger partial charge in [-0.3, -0.25) is 10.00 Å². The van der Waals surface area contributed by atoms with Crippen LogP contribution in [0.1, 0.15) is 31.1 Å². The molecule has 0 aromatic carbocycles. The van der Waals surface area contributed by atoms with E-state index in [2.05, 4.69) is 32.3 Å². The normalized spacial score (nSPS) is 31.2. The lowest BCUT2D eigenvalue weighted by molar-refractivity contribution is -0.0439. The Hall–Kier alpha value is -0.690. The first-order chi connectivity index (χ1) is 9.15. The van der Waals surface area contributed by atoms with Gasteiger partial charge < -0.3 is 10.1 Å². The van der Waals surface area contributed by atoms with Crippen LogP contribution in [-0.2, 0) is 4.74 Å². The number of morpholine rings is 1. The fraction of sp³-hybridized carbons (Fsp3) is 0.846. The summed E-state index contributed by atoms with van der Waals surface area (Å²) in [5, 5.41) is 10.6. The number of aromatic nitrogens is 3. The van der Waals surface area contributed by atoms with Gasteiger partial charge in [0, 0.05) is 26.2 Å². The molecule has 2 atom stereocenters. The molecule has 0 radical (unpaired) electrons. The molecule has 2 N–H and O–H groups in total. The summed E-state index contributed by atoms with van der Waals surface area (Å²) in [6.45, 7) is 10.4. The van der Waals surface area contributed by atoms with Gasteiger partial charge in [-0.15, -0.1) is 12.4 Å². The quantitative estimate of drug-likeness (QED) is 0.869.